The molecule has 1 aliphatic rings. The van der Waals surface area contributed by atoms with Crippen molar-refractivity contribution in [2.75, 3.05) is 18.0 Å². The number of anilines is 1. The summed E-state index contributed by atoms with van der Waals surface area (Å²) in [6, 6.07) is 6.39. The fourth-order valence-electron chi connectivity index (χ4n) is 2.76. The normalized spacial score (nSPS) is 17.1. The van der Waals surface area contributed by atoms with Gasteiger partial charge in [0.25, 0.3) is 0 Å². The zero-order chi connectivity index (χ0) is 13.8. The highest BCUT2D eigenvalue weighted by atomic mass is 35.5. The summed E-state index contributed by atoms with van der Waals surface area (Å²) in [4.78, 5) is 2.48. The SMILES string of the molecule is CCN(CC1CCC1)c1ccc(Cl)cc1CC(C)N. The Morgan fingerprint density at radius 3 is 2.68 bits per heavy atom. The summed E-state index contributed by atoms with van der Waals surface area (Å²) >= 11 is 6.13. The van der Waals surface area contributed by atoms with Gasteiger partial charge in [0, 0.05) is 29.8 Å². The molecule has 0 saturated heterocycles. The standard InChI is InChI=1S/C16H25ClN2/c1-3-19(11-13-5-4-6-13)16-8-7-15(17)10-14(16)9-12(2)18/h7-8,10,12-13H,3-6,9,11,18H2,1-2H3. The lowest BCUT2D eigenvalue weighted by Gasteiger charge is -2.34. The van der Waals surface area contributed by atoms with Crippen molar-refractivity contribution in [3.8, 4) is 0 Å². The first kappa shape index (κ1) is 14.7. The van der Waals surface area contributed by atoms with Crippen molar-refractivity contribution in [1.29, 1.82) is 0 Å². The van der Waals surface area contributed by atoms with Crippen LogP contribution in [0.15, 0.2) is 18.2 Å². The van der Waals surface area contributed by atoms with E-state index in [-0.39, 0.29) is 6.04 Å². The number of halogens is 1. The van der Waals surface area contributed by atoms with Crippen LogP contribution in [-0.4, -0.2) is 19.1 Å². The molecule has 1 aliphatic carbocycles. The number of rotatable bonds is 6. The van der Waals surface area contributed by atoms with E-state index in [4.69, 9.17) is 17.3 Å². The first-order chi connectivity index (χ1) is 9.10. The molecular weight excluding hydrogens is 256 g/mol. The minimum atomic E-state index is 0.166. The van der Waals surface area contributed by atoms with Crippen molar-refractivity contribution < 1.29 is 0 Å². The summed E-state index contributed by atoms with van der Waals surface area (Å²) in [6.07, 6.45) is 5.05. The second-order valence-corrected chi connectivity index (χ2v) is 6.23. The molecule has 0 spiro atoms. The Labute approximate surface area is 121 Å². The van der Waals surface area contributed by atoms with E-state index >= 15 is 0 Å². The van der Waals surface area contributed by atoms with Gasteiger partial charge in [-0.05, 0) is 62.8 Å². The van der Waals surface area contributed by atoms with Crippen molar-refractivity contribution >= 4 is 17.3 Å². The van der Waals surface area contributed by atoms with Crippen LogP contribution in [0, 0.1) is 5.92 Å². The van der Waals surface area contributed by atoms with E-state index in [1.165, 1.54) is 37.1 Å². The maximum Gasteiger partial charge on any atom is 0.0410 e. The van der Waals surface area contributed by atoms with Gasteiger partial charge in [0.05, 0.1) is 0 Å². The Morgan fingerprint density at radius 2 is 2.16 bits per heavy atom. The summed E-state index contributed by atoms with van der Waals surface area (Å²) in [5.41, 5.74) is 8.56. The maximum absolute atomic E-state index is 6.13. The minimum Gasteiger partial charge on any atom is -0.371 e. The van der Waals surface area contributed by atoms with Gasteiger partial charge in [-0.1, -0.05) is 18.0 Å². The van der Waals surface area contributed by atoms with Gasteiger partial charge < -0.3 is 10.6 Å². The Balaban J connectivity index is 2.19. The summed E-state index contributed by atoms with van der Waals surface area (Å²) in [6.45, 7) is 6.49. The third-order valence-electron chi connectivity index (χ3n) is 4.01. The molecule has 19 heavy (non-hydrogen) atoms. The van der Waals surface area contributed by atoms with Crippen LogP contribution < -0.4 is 10.6 Å². The molecule has 1 saturated carbocycles. The van der Waals surface area contributed by atoms with Gasteiger partial charge in [0.15, 0.2) is 0 Å². The van der Waals surface area contributed by atoms with Gasteiger partial charge in [-0.25, -0.2) is 0 Å². The summed E-state index contributed by atoms with van der Waals surface area (Å²) in [7, 11) is 0. The van der Waals surface area contributed by atoms with Crippen LogP contribution in [0.1, 0.15) is 38.7 Å². The van der Waals surface area contributed by atoms with Crippen LogP contribution >= 0.6 is 11.6 Å². The van der Waals surface area contributed by atoms with Crippen LogP contribution in [0.3, 0.4) is 0 Å². The fraction of sp³-hybridized carbons (Fsp3) is 0.625. The Kier molecular flexibility index (Phi) is 5.12. The molecule has 106 valence electrons. The van der Waals surface area contributed by atoms with E-state index in [0.717, 1.165) is 23.9 Å². The first-order valence-corrected chi connectivity index (χ1v) is 7.77. The second-order valence-electron chi connectivity index (χ2n) is 5.79. The molecule has 1 aromatic rings. The smallest absolute Gasteiger partial charge is 0.0410 e. The molecule has 2 rings (SSSR count). The van der Waals surface area contributed by atoms with Crippen molar-refractivity contribution in [3.05, 3.63) is 28.8 Å². The third kappa shape index (κ3) is 3.87. The molecule has 0 heterocycles. The largest absolute Gasteiger partial charge is 0.371 e. The molecule has 2 N–H and O–H groups in total. The van der Waals surface area contributed by atoms with Crippen molar-refractivity contribution in [2.24, 2.45) is 11.7 Å². The highest BCUT2D eigenvalue weighted by Crippen LogP contribution is 2.31. The molecule has 3 heteroatoms. The Bertz CT molecular complexity index is 413. The number of hydrogen-bond donors (Lipinski definition) is 1. The first-order valence-electron chi connectivity index (χ1n) is 7.39. The number of hydrogen-bond acceptors (Lipinski definition) is 2. The van der Waals surface area contributed by atoms with E-state index in [0.29, 0.717) is 0 Å². The Hall–Kier alpha value is -0.730. The molecule has 1 atom stereocenters. The molecule has 1 aromatic carbocycles. The van der Waals surface area contributed by atoms with Gasteiger partial charge in [-0.15, -0.1) is 0 Å². The quantitative estimate of drug-likeness (QED) is 0.857. The van der Waals surface area contributed by atoms with Crippen molar-refractivity contribution in [2.45, 2.75) is 45.6 Å². The Morgan fingerprint density at radius 1 is 1.42 bits per heavy atom. The van der Waals surface area contributed by atoms with E-state index in [9.17, 15) is 0 Å². The lowest BCUT2D eigenvalue weighted by Crippen LogP contribution is -2.33. The van der Waals surface area contributed by atoms with Crippen LogP contribution in [0.5, 0.6) is 0 Å². The summed E-state index contributed by atoms with van der Waals surface area (Å²) in [5.74, 6) is 0.874. The molecule has 0 aliphatic heterocycles. The number of benzene rings is 1. The highest BCUT2D eigenvalue weighted by Gasteiger charge is 2.21. The lowest BCUT2D eigenvalue weighted by molar-refractivity contribution is 0.318. The lowest BCUT2D eigenvalue weighted by atomic mass is 9.85. The zero-order valence-electron chi connectivity index (χ0n) is 12.0. The van der Waals surface area contributed by atoms with Gasteiger partial charge in [-0.3, -0.25) is 0 Å². The predicted octanol–water partition coefficient (Wildman–Crippen LogP) is 3.86. The number of nitrogens with zero attached hydrogens (tertiary/aromatic N) is 1. The average molecular weight is 281 g/mol. The van der Waals surface area contributed by atoms with E-state index < -0.39 is 0 Å². The topological polar surface area (TPSA) is 29.3 Å². The highest BCUT2D eigenvalue weighted by molar-refractivity contribution is 6.30. The van der Waals surface area contributed by atoms with Gasteiger partial charge in [0.2, 0.25) is 0 Å². The molecule has 0 amide bonds. The summed E-state index contributed by atoms with van der Waals surface area (Å²) < 4.78 is 0. The van der Waals surface area contributed by atoms with Crippen LogP contribution in [-0.2, 0) is 6.42 Å². The molecule has 0 radical (unpaired) electrons. The minimum absolute atomic E-state index is 0.166. The molecule has 2 nitrogen and oxygen atoms in total. The molecular formula is C16H25ClN2. The fourth-order valence-corrected chi connectivity index (χ4v) is 2.95. The zero-order valence-corrected chi connectivity index (χ0v) is 12.8. The predicted molar refractivity (Wildman–Crippen MR) is 84.0 cm³/mol. The monoisotopic (exact) mass is 280 g/mol. The maximum atomic E-state index is 6.13. The van der Waals surface area contributed by atoms with Crippen LogP contribution in [0.4, 0.5) is 5.69 Å². The third-order valence-corrected chi connectivity index (χ3v) is 4.24. The van der Waals surface area contributed by atoms with Crippen LogP contribution in [0.2, 0.25) is 5.02 Å². The average Bonchev–Trinajstić information content (AvgIpc) is 2.29. The molecule has 1 unspecified atom stereocenters. The number of nitrogens with two attached hydrogens (primary N) is 1. The molecule has 1 fully saturated rings. The van der Waals surface area contributed by atoms with E-state index in [2.05, 4.69) is 24.0 Å². The second kappa shape index (κ2) is 6.62. The van der Waals surface area contributed by atoms with Gasteiger partial charge in [-0.2, -0.15) is 0 Å². The van der Waals surface area contributed by atoms with Gasteiger partial charge >= 0.3 is 0 Å². The molecule has 0 bridgehead atoms. The van der Waals surface area contributed by atoms with Crippen molar-refractivity contribution in [3.63, 3.8) is 0 Å². The molecule has 0 aromatic heterocycles. The van der Waals surface area contributed by atoms with Gasteiger partial charge in [0.1, 0.15) is 0 Å². The van der Waals surface area contributed by atoms with Crippen LogP contribution in [0.25, 0.3) is 0 Å². The van der Waals surface area contributed by atoms with E-state index in [1.54, 1.807) is 0 Å². The van der Waals surface area contributed by atoms with Crippen molar-refractivity contribution in [1.82, 2.24) is 0 Å². The summed E-state index contributed by atoms with van der Waals surface area (Å²) in [5, 5.41) is 0.805. The van der Waals surface area contributed by atoms with E-state index in [1.807, 2.05) is 13.0 Å².